The molecule has 0 saturated carbocycles. The molecule has 0 fully saturated rings. The lowest BCUT2D eigenvalue weighted by Crippen LogP contribution is -2.34. The molecule has 16 heavy (non-hydrogen) atoms. The summed E-state index contributed by atoms with van der Waals surface area (Å²) < 4.78 is 5.52. The second kappa shape index (κ2) is 6.35. The van der Waals surface area contributed by atoms with Crippen molar-refractivity contribution < 1.29 is 9.84 Å². The molecule has 0 aliphatic heterocycles. The summed E-state index contributed by atoms with van der Waals surface area (Å²) >= 11 is 0. The van der Waals surface area contributed by atoms with E-state index in [1.807, 2.05) is 43.1 Å². The molecule has 0 saturated heterocycles. The van der Waals surface area contributed by atoms with Crippen LogP contribution < -0.4 is 15.4 Å². The minimum absolute atomic E-state index is 0.265. The van der Waals surface area contributed by atoms with Gasteiger partial charge in [0.25, 0.3) is 0 Å². The van der Waals surface area contributed by atoms with Crippen LogP contribution in [0.25, 0.3) is 0 Å². The summed E-state index contributed by atoms with van der Waals surface area (Å²) in [6.45, 7) is 3.34. The first-order valence-corrected chi connectivity index (χ1v) is 5.50. The number of rotatable bonds is 6. The van der Waals surface area contributed by atoms with Crippen LogP contribution in [0.3, 0.4) is 0 Å². The SMILES string of the molecule is CCOc1ccccc1N(C)CC(O)CN. The molecule has 1 unspecified atom stereocenters. The fourth-order valence-corrected chi connectivity index (χ4v) is 1.54. The summed E-state index contributed by atoms with van der Waals surface area (Å²) in [4.78, 5) is 1.95. The highest BCUT2D eigenvalue weighted by atomic mass is 16.5. The van der Waals surface area contributed by atoms with E-state index in [1.54, 1.807) is 0 Å². The fourth-order valence-electron chi connectivity index (χ4n) is 1.54. The highest BCUT2D eigenvalue weighted by molar-refractivity contribution is 5.57. The van der Waals surface area contributed by atoms with Crippen LogP contribution in [0.4, 0.5) is 5.69 Å². The van der Waals surface area contributed by atoms with Crippen molar-refractivity contribution in [2.45, 2.75) is 13.0 Å². The summed E-state index contributed by atoms with van der Waals surface area (Å²) in [7, 11) is 1.91. The Morgan fingerprint density at radius 2 is 2.12 bits per heavy atom. The predicted molar refractivity (Wildman–Crippen MR) is 65.9 cm³/mol. The fraction of sp³-hybridized carbons (Fsp3) is 0.500. The maximum absolute atomic E-state index is 9.50. The Kier molecular flexibility index (Phi) is 5.08. The van der Waals surface area contributed by atoms with Crippen LogP contribution in [-0.2, 0) is 0 Å². The molecule has 0 radical (unpaired) electrons. The zero-order valence-corrected chi connectivity index (χ0v) is 9.89. The normalized spacial score (nSPS) is 12.2. The number of ether oxygens (including phenoxy) is 1. The smallest absolute Gasteiger partial charge is 0.142 e. The molecule has 0 aliphatic rings. The van der Waals surface area contributed by atoms with Gasteiger partial charge in [0.15, 0.2) is 0 Å². The molecule has 3 N–H and O–H groups in total. The van der Waals surface area contributed by atoms with Crippen LogP contribution >= 0.6 is 0 Å². The van der Waals surface area contributed by atoms with Crippen LogP contribution in [0.15, 0.2) is 24.3 Å². The van der Waals surface area contributed by atoms with Gasteiger partial charge in [-0.25, -0.2) is 0 Å². The quantitative estimate of drug-likeness (QED) is 0.752. The van der Waals surface area contributed by atoms with Gasteiger partial charge in [0.05, 0.1) is 18.4 Å². The van der Waals surface area contributed by atoms with E-state index in [-0.39, 0.29) is 6.54 Å². The van der Waals surface area contributed by atoms with Gasteiger partial charge in [-0.3, -0.25) is 0 Å². The number of para-hydroxylation sites is 2. The Morgan fingerprint density at radius 3 is 2.75 bits per heavy atom. The van der Waals surface area contributed by atoms with Crippen LogP contribution in [0.2, 0.25) is 0 Å². The molecule has 1 atom stereocenters. The second-order valence-electron chi connectivity index (χ2n) is 3.67. The lowest BCUT2D eigenvalue weighted by molar-refractivity contribution is 0.189. The Hall–Kier alpha value is -1.26. The number of anilines is 1. The lowest BCUT2D eigenvalue weighted by Gasteiger charge is -2.24. The third-order valence-electron chi connectivity index (χ3n) is 2.33. The average molecular weight is 224 g/mol. The van der Waals surface area contributed by atoms with Gasteiger partial charge in [0.2, 0.25) is 0 Å². The zero-order valence-electron chi connectivity index (χ0n) is 9.89. The van der Waals surface area contributed by atoms with Crippen molar-refractivity contribution in [2.75, 3.05) is 31.6 Å². The van der Waals surface area contributed by atoms with Gasteiger partial charge in [0, 0.05) is 20.1 Å². The summed E-state index contributed by atoms with van der Waals surface area (Å²) in [5.74, 6) is 0.830. The van der Waals surface area contributed by atoms with E-state index in [4.69, 9.17) is 10.5 Å². The Morgan fingerprint density at radius 1 is 1.44 bits per heavy atom. The number of benzene rings is 1. The molecule has 0 bridgehead atoms. The first-order chi connectivity index (χ1) is 7.69. The number of aliphatic hydroxyl groups excluding tert-OH is 1. The van der Waals surface area contributed by atoms with Crippen LogP contribution in [0, 0.1) is 0 Å². The van der Waals surface area contributed by atoms with Crippen molar-refractivity contribution in [1.82, 2.24) is 0 Å². The molecular formula is C12H20N2O2. The van der Waals surface area contributed by atoms with E-state index in [2.05, 4.69) is 0 Å². The maximum Gasteiger partial charge on any atom is 0.142 e. The monoisotopic (exact) mass is 224 g/mol. The van der Waals surface area contributed by atoms with E-state index in [0.29, 0.717) is 13.2 Å². The Labute approximate surface area is 96.6 Å². The Bertz CT molecular complexity index is 318. The summed E-state index contributed by atoms with van der Waals surface area (Å²) in [6, 6.07) is 7.77. The summed E-state index contributed by atoms with van der Waals surface area (Å²) in [5, 5.41) is 9.50. The van der Waals surface area contributed by atoms with Crippen molar-refractivity contribution in [2.24, 2.45) is 5.73 Å². The predicted octanol–water partition coefficient (Wildman–Crippen LogP) is 0.841. The van der Waals surface area contributed by atoms with Crippen molar-refractivity contribution in [3.8, 4) is 5.75 Å². The first kappa shape index (κ1) is 12.8. The number of hydrogen-bond donors (Lipinski definition) is 2. The molecule has 1 rings (SSSR count). The molecule has 0 heterocycles. The molecule has 1 aromatic carbocycles. The van der Waals surface area contributed by atoms with Crippen molar-refractivity contribution in [3.63, 3.8) is 0 Å². The van der Waals surface area contributed by atoms with E-state index in [0.717, 1.165) is 11.4 Å². The van der Waals surface area contributed by atoms with Gasteiger partial charge in [0.1, 0.15) is 5.75 Å². The third-order valence-corrected chi connectivity index (χ3v) is 2.33. The minimum atomic E-state index is -0.514. The third kappa shape index (κ3) is 3.40. The second-order valence-corrected chi connectivity index (χ2v) is 3.67. The molecule has 90 valence electrons. The number of hydrogen-bond acceptors (Lipinski definition) is 4. The molecule has 1 aromatic rings. The average Bonchev–Trinajstić information content (AvgIpc) is 2.30. The molecule has 0 amide bonds. The van der Waals surface area contributed by atoms with Crippen molar-refractivity contribution in [3.05, 3.63) is 24.3 Å². The van der Waals surface area contributed by atoms with E-state index in [9.17, 15) is 5.11 Å². The van der Waals surface area contributed by atoms with E-state index in [1.165, 1.54) is 0 Å². The van der Waals surface area contributed by atoms with E-state index < -0.39 is 6.10 Å². The maximum atomic E-state index is 9.50. The molecule has 4 nitrogen and oxygen atoms in total. The molecular weight excluding hydrogens is 204 g/mol. The summed E-state index contributed by atoms with van der Waals surface area (Å²) in [5.41, 5.74) is 6.36. The highest BCUT2D eigenvalue weighted by Gasteiger charge is 2.11. The number of likely N-dealkylation sites (N-methyl/N-ethyl adjacent to an activating group) is 1. The number of nitrogens with zero attached hydrogens (tertiary/aromatic N) is 1. The number of nitrogens with two attached hydrogens (primary N) is 1. The first-order valence-electron chi connectivity index (χ1n) is 5.50. The largest absolute Gasteiger partial charge is 0.492 e. The molecule has 0 spiro atoms. The lowest BCUT2D eigenvalue weighted by atomic mass is 10.2. The summed E-state index contributed by atoms with van der Waals surface area (Å²) in [6.07, 6.45) is -0.514. The van der Waals surface area contributed by atoms with Crippen LogP contribution in [0.1, 0.15) is 6.92 Å². The minimum Gasteiger partial charge on any atom is -0.492 e. The number of aliphatic hydroxyl groups is 1. The molecule has 0 aliphatic carbocycles. The van der Waals surface area contributed by atoms with Gasteiger partial charge in [-0.2, -0.15) is 0 Å². The van der Waals surface area contributed by atoms with Gasteiger partial charge >= 0.3 is 0 Å². The highest BCUT2D eigenvalue weighted by Crippen LogP contribution is 2.26. The van der Waals surface area contributed by atoms with Crippen LogP contribution in [0.5, 0.6) is 5.75 Å². The zero-order chi connectivity index (χ0) is 12.0. The topological polar surface area (TPSA) is 58.7 Å². The van der Waals surface area contributed by atoms with Gasteiger partial charge in [-0.15, -0.1) is 0 Å². The van der Waals surface area contributed by atoms with Gasteiger partial charge < -0.3 is 20.5 Å². The molecule has 4 heteroatoms. The van der Waals surface area contributed by atoms with Crippen LogP contribution in [-0.4, -0.2) is 38.0 Å². The van der Waals surface area contributed by atoms with Gasteiger partial charge in [-0.05, 0) is 19.1 Å². The standard InChI is InChI=1S/C12H20N2O2/c1-3-16-12-7-5-4-6-11(12)14(2)9-10(15)8-13/h4-7,10,15H,3,8-9,13H2,1-2H3. The van der Waals surface area contributed by atoms with Crippen molar-refractivity contribution in [1.29, 1.82) is 0 Å². The molecule has 0 aromatic heterocycles. The van der Waals surface area contributed by atoms with Crippen molar-refractivity contribution >= 4 is 5.69 Å². The van der Waals surface area contributed by atoms with Gasteiger partial charge in [-0.1, -0.05) is 12.1 Å². The Balaban J connectivity index is 2.77. The van der Waals surface area contributed by atoms with E-state index >= 15 is 0 Å².